The Bertz CT molecular complexity index is 1520. The molecule has 0 radical (unpaired) electrons. The summed E-state index contributed by atoms with van der Waals surface area (Å²) in [5.41, 5.74) is 3.76. The van der Waals surface area contributed by atoms with Crippen molar-refractivity contribution in [3.8, 4) is 23.1 Å². The fraction of sp³-hybridized carbons (Fsp3) is 0.154. The van der Waals surface area contributed by atoms with Crippen LogP contribution in [0.3, 0.4) is 0 Å². The van der Waals surface area contributed by atoms with Gasteiger partial charge in [-0.1, -0.05) is 12.1 Å². The van der Waals surface area contributed by atoms with Gasteiger partial charge >= 0.3 is 6.18 Å². The molecule has 0 fully saturated rings. The van der Waals surface area contributed by atoms with Crippen LogP contribution >= 0.6 is 0 Å². The van der Waals surface area contributed by atoms with Crippen LogP contribution in [-0.4, -0.2) is 31.5 Å². The quantitative estimate of drug-likeness (QED) is 0.219. The van der Waals surface area contributed by atoms with Crippen LogP contribution < -0.4 is 5.43 Å². The first-order valence-corrected chi connectivity index (χ1v) is 10.8. The second-order valence-electron chi connectivity index (χ2n) is 8.45. The zero-order chi connectivity index (χ0) is 26.4. The highest BCUT2D eigenvalue weighted by Gasteiger charge is 2.32. The standard InChI is InChI=1S/C26H22F3N3O4/c1-13-8-14(2)10-17(9-13)32-21-11-16(26(27,28)29)4-6-19(21)23(25(32)36)15(3)30-31-24(35)20-7-5-18(33)12-22(20)34/h4-12,33-34,36H,1-3H3,(H,31,35)/b30-15+. The molecule has 0 unspecified atom stereocenters. The molecule has 1 heterocycles. The lowest BCUT2D eigenvalue weighted by Gasteiger charge is -2.11. The number of phenols is 2. The lowest BCUT2D eigenvalue weighted by molar-refractivity contribution is -0.137. The zero-order valence-electron chi connectivity index (χ0n) is 19.5. The van der Waals surface area contributed by atoms with E-state index >= 15 is 0 Å². The average molecular weight is 497 g/mol. The molecule has 0 saturated carbocycles. The number of benzene rings is 3. The Morgan fingerprint density at radius 1 is 0.944 bits per heavy atom. The number of carbonyl (C=O) groups is 1. The van der Waals surface area contributed by atoms with Gasteiger partial charge in [0.05, 0.1) is 27.9 Å². The molecule has 4 rings (SSSR count). The first-order chi connectivity index (χ1) is 16.9. The molecule has 0 aliphatic carbocycles. The number of fused-ring (bicyclic) bond motifs is 1. The van der Waals surface area contributed by atoms with Crippen molar-refractivity contribution in [1.82, 2.24) is 9.99 Å². The van der Waals surface area contributed by atoms with E-state index in [1.54, 1.807) is 12.1 Å². The third kappa shape index (κ3) is 4.57. The van der Waals surface area contributed by atoms with Gasteiger partial charge in [-0.25, -0.2) is 5.43 Å². The van der Waals surface area contributed by atoms with Gasteiger partial charge in [0.15, 0.2) is 0 Å². The minimum Gasteiger partial charge on any atom is -0.508 e. The molecule has 0 spiro atoms. The summed E-state index contributed by atoms with van der Waals surface area (Å²) in [5.74, 6) is -1.83. The molecule has 1 aromatic heterocycles. The molecule has 7 nitrogen and oxygen atoms in total. The zero-order valence-corrected chi connectivity index (χ0v) is 19.5. The Balaban J connectivity index is 1.86. The number of amides is 1. The van der Waals surface area contributed by atoms with E-state index in [4.69, 9.17) is 0 Å². The monoisotopic (exact) mass is 497 g/mol. The van der Waals surface area contributed by atoms with Crippen LogP contribution in [0.15, 0.2) is 59.7 Å². The lowest BCUT2D eigenvalue weighted by atomic mass is 10.1. The van der Waals surface area contributed by atoms with Gasteiger partial charge in [-0.15, -0.1) is 0 Å². The van der Waals surface area contributed by atoms with Gasteiger partial charge < -0.3 is 15.3 Å². The number of aryl methyl sites for hydroxylation is 2. The molecule has 0 saturated heterocycles. The highest BCUT2D eigenvalue weighted by Crippen LogP contribution is 2.39. The molecule has 10 heteroatoms. The van der Waals surface area contributed by atoms with E-state index in [9.17, 15) is 33.3 Å². The Kier molecular flexibility index (Phi) is 6.13. The number of aromatic hydroxyl groups is 3. The summed E-state index contributed by atoms with van der Waals surface area (Å²) >= 11 is 0. The van der Waals surface area contributed by atoms with E-state index in [1.165, 1.54) is 29.7 Å². The summed E-state index contributed by atoms with van der Waals surface area (Å²) < 4.78 is 41.8. The van der Waals surface area contributed by atoms with Gasteiger partial charge in [0.2, 0.25) is 5.88 Å². The van der Waals surface area contributed by atoms with Crippen LogP contribution in [0.25, 0.3) is 16.6 Å². The number of hydrogen-bond acceptors (Lipinski definition) is 5. The van der Waals surface area contributed by atoms with Crippen LogP contribution in [-0.2, 0) is 6.18 Å². The number of nitrogens with zero attached hydrogens (tertiary/aromatic N) is 2. The second kappa shape index (κ2) is 8.95. The third-order valence-corrected chi connectivity index (χ3v) is 5.65. The number of phenolic OH excluding ortho intramolecular Hbond substituents is 2. The Morgan fingerprint density at radius 3 is 2.22 bits per heavy atom. The summed E-state index contributed by atoms with van der Waals surface area (Å²) in [4.78, 5) is 12.5. The summed E-state index contributed by atoms with van der Waals surface area (Å²) in [6.07, 6.45) is -4.59. The van der Waals surface area contributed by atoms with Gasteiger partial charge in [0.1, 0.15) is 11.5 Å². The van der Waals surface area contributed by atoms with E-state index in [0.717, 1.165) is 29.3 Å². The van der Waals surface area contributed by atoms with Gasteiger partial charge in [0.25, 0.3) is 5.91 Å². The number of halogens is 3. The molecule has 0 aliphatic heterocycles. The SMILES string of the molecule is C/C(=N\NC(=O)c1ccc(O)cc1O)c1c(O)n(-c2cc(C)cc(C)c2)c2cc(C(F)(F)F)ccc12. The Labute approximate surface area is 203 Å². The molecule has 36 heavy (non-hydrogen) atoms. The summed E-state index contributed by atoms with van der Waals surface area (Å²) in [6, 6.07) is 11.9. The van der Waals surface area contributed by atoms with Crippen molar-refractivity contribution in [1.29, 1.82) is 0 Å². The van der Waals surface area contributed by atoms with Crippen LogP contribution in [0, 0.1) is 13.8 Å². The Hall–Kier alpha value is -4.47. The minimum atomic E-state index is -4.59. The fourth-order valence-electron chi connectivity index (χ4n) is 4.11. The molecule has 0 bridgehead atoms. The van der Waals surface area contributed by atoms with Gasteiger partial charge in [-0.05, 0) is 68.3 Å². The topological polar surface area (TPSA) is 107 Å². The molecule has 4 aromatic rings. The van der Waals surface area contributed by atoms with Crippen LogP contribution in [0.4, 0.5) is 13.2 Å². The largest absolute Gasteiger partial charge is 0.508 e. The predicted octanol–water partition coefficient (Wildman–Crippen LogP) is 5.54. The van der Waals surface area contributed by atoms with Crippen molar-refractivity contribution in [2.45, 2.75) is 26.9 Å². The van der Waals surface area contributed by atoms with Crippen LogP contribution in [0.2, 0.25) is 0 Å². The van der Waals surface area contributed by atoms with E-state index in [2.05, 4.69) is 10.5 Å². The molecule has 0 aliphatic rings. The number of hydrogen-bond donors (Lipinski definition) is 4. The lowest BCUT2D eigenvalue weighted by Crippen LogP contribution is -2.19. The van der Waals surface area contributed by atoms with Gasteiger partial charge in [0, 0.05) is 17.1 Å². The Morgan fingerprint density at radius 2 is 1.61 bits per heavy atom. The van der Waals surface area contributed by atoms with E-state index < -0.39 is 23.4 Å². The van der Waals surface area contributed by atoms with E-state index in [1.807, 2.05) is 19.9 Å². The molecule has 1 amide bonds. The summed E-state index contributed by atoms with van der Waals surface area (Å²) in [6.45, 7) is 5.15. The average Bonchev–Trinajstić information content (AvgIpc) is 3.07. The maximum absolute atomic E-state index is 13.5. The molecule has 186 valence electrons. The maximum atomic E-state index is 13.5. The maximum Gasteiger partial charge on any atom is 0.416 e. The number of nitrogens with one attached hydrogen (secondary N) is 1. The summed E-state index contributed by atoms with van der Waals surface area (Å²) in [5, 5.41) is 34.8. The molecule has 0 atom stereocenters. The number of aromatic nitrogens is 1. The van der Waals surface area contributed by atoms with E-state index in [-0.39, 0.29) is 34.0 Å². The van der Waals surface area contributed by atoms with Crippen LogP contribution in [0.5, 0.6) is 17.4 Å². The van der Waals surface area contributed by atoms with Gasteiger partial charge in [-0.3, -0.25) is 9.36 Å². The first kappa shape index (κ1) is 24.6. The minimum absolute atomic E-state index is 0.111. The van der Waals surface area contributed by atoms with E-state index in [0.29, 0.717) is 11.1 Å². The van der Waals surface area contributed by atoms with Gasteiger partial charge in [-0.2, -0.15) is 18.3 Å². The molecule has 4 N–H and O–H groups in total. The molecule has 3 aromatic carbocycles. The van der Waals surface area contributed by atoms with Crippen molar-refractivity contribution < 1.29 is 33.3 Å². The van der Waals surface area contributed by atoms with Crippen molar-refractivity contribution in [3.05, 3.63) is 82.4 Å². The third-order valence-electron chi connectivity index (χ3n) is 5.65. The summed E-state index contributed by atoms with van der Waals surface area (Å²) in [7, 11) is 0. The predicted molar refractivity (Wildman–Crippen MR) is 129 cm³/mol. The van der Waals surface area contributed by atoms with Crippen molar-refractivity contribution >= 4 is 22.5 Å². The van der Waals surface area contributed by atoms with Crippen LogP contribution in [0.1, 0.15) is 39.5 Å². The first-order valence-electron chi connectivity index (χ1n) is 10.8. The van der Waals surface area contributed by atoms with Crippen molar-refractivity contribution in [3.63, 3.8) is 0 Å². The number of alkyl halides is 3. The highest BCUT2D eigenvalue weighted by atomic mass is 19.4. The second-order valence-corrected chi connectivity index (χ2v) is 8.45. The normalized spacial score (nSPS) is 12.2. The fourth-order valence-corrected chi connectivity index (χ4v) is 4.11. The number of rotatable bonds is 4. The number of hydrazone groups is 1. The molecular formula is C26H22F3N3O4. The highest BCUT2D eigenvalue weighted by molar-refractivity contribution is 6.13. The van der Waals surface area contributed by atoms with Crippen molar-refractivity contribution in [2.24, 2.45) is 5.10 Å². The molecular weight excluding hydrogens is 475 g/mol. The van der Waals surface area contributed by atoms with Crippen molar-refractivity contribution in [2.75, 3.05) is 0 Å². The number of carbonyl (C=O) groups excluding carboxylic acids is 1. The smallest absolute Gasteiger partial charge is 0.416 e.